The van der Waals surface area contributed by atoms with E-state index in [1.807, 2.05) is 39.0 Å². The van der Waals surface area contributed by atoms with Gasteiger partial charge in [0.2, 0.25) is 5.91 Å². The van der Waals surface area contributed by atoms with Gasteiger partial charge in [-0.05, 0) is 26.3 Å². The molecule has 0 fully saturated rings. The first kappa shape index (κ1) is 15.1. The molecule has 0 aliphatic carbocycles. The molecule has 3 N–H and O–H groups in total. The van der Waals surface area contributed by atoms with Gasteiger partial charge in [0.15, 0.2) is 0 Å². The zero-order chi connectivity index (χ0) is 13.6. The lowest BCUT2D eigenvalue weighted by Gasteiger charge is -2.26. The number of benzene rings is 1. The van der Waals surface area contributed by atoms with E-state index >= 15 is 0 Å². The second-order valence-corrected chi connectivity index (χ2v) is 6.35. The highest BCUT2D eigenvalue weighted by Gasteiger charge is 2.22. The lowest BCUT2D eigenvalue weighted by atomic mass is 10.1. The van der Waals surface area contributed by atoms with Gasteiger partial charge >= 0.3 is 0 Å². The zero-order valence-corrected chi connectivity index (χ0v) is 12.1. The molecular formula is C14H22N2OS. The molecule has 0 radical (unpaired) electrons. The Morgan fingerprint density at radius 1 is 1.39 bits per heavy atom. The van der Waals surface area contributed by atoms with Gasteiger partial charge < -0.3 is 11.1 Å². The zero-order valence-electron chi connectivity index (χ0n) is 11.3. The number of nitrogens with two attached hydrogens (primary N) is 1. The van der Waals surface area contributed by atoms with Crippen LogP contribution in [0.1, 0.15) is 26.3 Å². The number of carbonyl (C=O) groups excluding carboxylic acids is 1. The summed E-state index contributed by atoms with van der Waals surface area (Å²) in [5, 5.41) is 2.88. The average Bonchev–Trinajstić information content (AvgIpc) is 2.36. The highest BCUT2D eigenvalue weighted by Crippen LogP contribution is 2.18. The van der Waals surface area contributed by atoms with Crippen LogP contribution in [0.25, 0.3) is 0 Å². The molecule has 0 aliphatic rings. The lowest BCUT2D eigenvalue weighted by molar-refractivity contribution is -0.121. The van der Waals surface area contributed by atoms with Crippen LogP contribution in [0.4, 0.5) is 0 Å². The Kier molecular flexibility index (Phi) is 5.69. The number of thioether (sulfide) groups is 1. The van der Waals surface area contributed by atoms with Gasteiger partial charge in [-0.15, -0.1) is 11.8 Å². The third-order valence-electron chi connectivity index (χ3n) is 2.68. The fraction of sp³-hybridized carbons (Fsp3) is 0.500. The number of rotatable bonds is 6. The van der Waals surface area contributed by atoms with Crippen LogP contribution >= 0.6 is 11.8 Å². The maximum absolute atomic E-state index is 12.0. The molecule has 1 aromatic carbocycles. The Morgan fingerprint density at radius 2 is 2.00 bits per heavy atom. The summed E-state index contributed by atoms with van der Waals surface area (Å²) in [5.74, 6) is 0.893. The standard InChI is InChI=1S/C14H22N2OS/c1-11(13(17)16-14(2,3)10-15)18-9-12-7-5-4-6-8-12/h4-8,11H,9-10,15H2,1-3H3,(H,16,17). The summed E-state index contributed by atoms with van der Waals surface area (Å²) >= 11 is 1.64. The number of nitrogens with one attached hydrogen (secondary N) is 1. The molecule has 0 heterocycles. The van der Waals surface area contributed by atoms with Gasteiger partial charge in [-0.1, -0.05) is 30.3 Å². The second kappa shape index (κ2) is 6.81. The van der Waals surface area contributed by atoms with Crippen molar-refractivity contribution in [3.05, 3.63) is 35.9 Å². The van der Waals surface area contributed by atoms with E-state index in [1.54, 1.807) is 11.8 Å². The Morgan fingerprint density at radius 3 is 2.56 bits per heavy atom. The van der Waals surface area contributed by atoms with Crippen LogP contribution in [0.15, 0.2) is 30.3 Å². The van der Waals surface area contributed by atoms with Gasteiger partial charge in [0.25, 0.3) is 0 Å². The first-order chi connectivity index (χ1) is 8.44. The lowest BCUT2D eigenvalue weighted by Crippen LogP contribution is -2.51. The van der Waals surface area contributed by atoms with Crippen molar-refractivity contribution >= 4 is 17.7 Å². The first-order valence-electron chi connectivity index (χ1n) is 6.12. The Labute approximate surface area is 114 Å². The van der Waals surface area contributed by atoms with E-state index in [0.717, 1.165) is 5.75 Å². The second-order valence-electron chi connectivity index (χ2n) is 5.02. The van der Waals surface area contributed by atoms with Crippen molar-refractivity contribution in [1.29, 1.82) is 0 Å². The molecule has 0 bridgehead atoms. The summed E-state index contributed by atoms with van der Waals surface area (Å²) < 4.78 is 0. The molecule has 1 amide bonds. The van der Waals surface area contributed by atoms with Crippen LogP contribution in [0, 0.1) is 0 Å². The van der Waals surface area contributed by atoms with Crippen LogP contribution in [-0.4, -0.2) is 23.2 Å². The molecule has 0 spiro atoms. The summed E-state index contributed by atoms with van der Waals surface area (Å²) in [4.78, 5) is 12.0. The largest absolute Gasteiger partial charge is 0.349 e. The fourth-order valence-corrected chi connectivity index (χ4v) is 2.20. The van der Waals surface area contributed by atoms with E-state index in [1.165, 1.54) is 5.56 Å². The van der Waals surface area contributed by atoms with Crippen molar-refractivity contribution in [3.63, 3.8) is 0 Å². The maximum atomic E-state index is 12.0. The summed E-state index contributed by atoms with van der Waals surface area (Å²) in [6.07, 6.45) is 0. The predicted molar refractivity (Wildman–Crippen MR) is 78.5 cm³/mol. The Balaban J connectivity index is 2.41. The van der Waals surface area contributed by atoms with E-state index in [9.17, 15) is 4.79 Å². The average molecular weight is 266 g/mol. The van der Waals surface area contributed by atoms with Crippen LogP contribution in [0.3, 0.4) is 0 Å². The minimum Gasteiger partial charge on any atom is -0.349 e. The highest BCUT2D eigenvalue weighted by molar-refractivity contribution is 7.99. The molecule has 1 rings (SSSR count). The van der Waals surface area contributed by atoms with Crippen LogP contribution in [0.5, 0.6) is 0 Å². The SMILES string of the molecule is CC(SCc1ccccc1)C(=O)NC(C)(C)CN. The highest BCUT2D eigenvalue weighted by atomic mass is 32.2. The van der Waals surface area contributed by atoms with Crippen molar-refractivity contribution in [2.24, 2.45) is 5.73 Å². The van der Waals surface area contributed by atoms with Gasteiger partial charge in [-0.2, -0.15) is 0 Å². The van der Waals surface area contributed by atoms with Gasteiger partial charge in [0.1, 0.15) is 0 Å². The molecule has 0 aromatic heterocycles. The predicted octanol–water partition coefficient (Wildman–Crippen LogP) is 2.16. The van der Waals surface area contributed by atoms with Gasteiger partial charge in [-0.25, -0.2) is 0 Å². The number of hydrogen-bond donors (Lipinski definition) is 2. The van der Waals surface area contributed by atoms with Crippen molar-refractivity contribution in [2.45, 2.75) is 37.3 Å². The molecule has 0 saturated heterocycles. The molecule has 3 nitrogen and oxygen atoms in total. The molecule has 0 aliphatic heterocycles. The minimum atomic E-state index is -0.335. The van der Waals surface area contributed by atoms with E-state index in [4.69, 9.17) is 5.73 Å². The fourth-order valence-electron chi connectivity index (χ4n) is 1.36. The number of amides is 1. The van der Waals surface area contributed by atoms with Crippen molar-refractivity contribution < 1.29 is 4.79 Å². The summed E-state index contributed by atoms with van der Waals surface area (Å²) in [7, 11) is 0. The van der Waals surface area contributed by atoms with Crippen LogP contribution < -0.4 is 11.1 Å². The molecule has 0 saturated carbocycles. The summed E-state index contributed by atoms with van der Waals surface area (Å²) in [5.41, 5.74) is 6.50. The molecule has 100 valence electrons. The van der Waals surface area contributed by atoms with Gasteiger partial charge in [0, 0.05) is 17.8 Å². The summed E-state index contributed by atoms with van der Waals surface area (Å²) in [6.45, 7) is 6.23. The van der Waals surface area contributed by atoms with Crippen LogP contribution in [0.2, 0.25) is 0 Å². The van der Waals surface area contributed by atoms with E-state index < -0.39 is 0 Å². The quantitative estimate of drug-likeness (QED) is 0.829. The Bertz CT molecular complexity index is 379. The third kappa shape index (κ3) is 5.10. The van der Waals surface area contributed by atoms with Gasteiger partial charge in [-0.3, -0.25) is 4.79 Å². The minimum absolute atomic E-state index is 0.0476. The van der Waals surface area contributed by atoms with Gasteiger partial charge in [0.05, 0.1) is 5.25 Å². The molecule has 1 aromatic rings. The van der Waals surface area contributed by atoms with E-state index in [0.29, 0.717) is 6.54 Å². The molecule has 1 unspecified atom stereocenters. The summed E-state index contributed by atoms with van der Waals surface area (Å²) in [6, 6.07) is 10.2. The van der Waals surface area contributed by atoms with E-state index in [-0.39, 0.29) is 16.7 Å². The van der Waals surface area contributed by atoms with E-state index in [2.05, 4.69) is 17.4 Å². The van der Waals surface area contributed by atoms with Crippen LogP contribution in [-0.2, 0) is 10.5 Å². The first-order valence-corrected chi connectivity index (χ1v) is 7.17. The van der Waals surface area contributed by atoms with Crippen molar-refractivity contribution in [1.82, 2.24) is 5.32 Å². The monoisotopic (exact) mass is 266 g/mol. The maximum Gasteiger partial charge on any atom is 0.233 e. The number of hydrogen-bond acceptors (Lipinski definition) is 3. The molecular weight excluding hydrogens is 244 g/mol. The van der Waals surface area contributed by atoms with Crippen molar-refractivity contribution in [2.75, 3.05) is 6.54 Å². The Hall–Kier alpha value is -1.00. The third-order valence-corrected chi connectivity index (χ3v) is 3.90. The smallest absolute Gasteiger partial charge is 0.233 e. The van der Waals surface area contributed by atoms with Crippen molar-refractivity contribution in [3.8, 4) is 0 Å². The normalized spacial score (nSPS) is 13.1. The topological polar surface area (TPSA) is 55.1 Å². The molecule has 18 heavy (non-hydrogen) atoms. The molecule has 4 heteroatoms. The number of carbonyl (C=O) groups is 1. The molecule has 1 atom stereocenters.